The number of aliphatic carboxylic acids is 1. The fourth-order valence-corrected chi connectivity index (χ4v) is 2.75. The molecule has 2 unspecified atom stereocenters. The lowest BCUT2D eigenvalue weighted by molar-refractivity contribution is -0.147. The van der Waals surface area contributed by atoms with Gasteiger partial charge in [-0.1, -0.05) is 37.3 Å². The van der Waals surface area contributed by atoms with Crippen molar-refractivity contribution in [3.8, 4) is 0 Å². The van der Waals surface area contributed by atoms with Crippen LogP contribution in [0.25, 0.3) is 0 Å². The first-order chi connectivity index (χ1) is 10.1. The predicted octanol–water partition coefficient (Wildman–Crippen LogP) is 1.88. The van der Waals surface area contributed by atoms with Gasteiger partial charge in [0, 0.05) is 6.54 Å². The van der Waals surface area contributed by atoms with Gasteiger partial charge >= 0.3 is 5.97 Å². The second-order valence-corrected chi connectivity index (χ2v) is 5.23. The smallest absolute Gasteiger partial charge is 0.305 e. The molecule has 0 bridgehead atoms. The summed E-state index contributed by atoms with van der Waals surface area (Å²) in [6.45, 7) is 3.19. The van der Waals surface area contributed by atoms with Crippen LogP contribution < -0.4 is 0 Å². The van der Waals surface area contributed by atoms with Gasteiger partial charge in [0.25, 0.3) is 0 Å². The molecule has 114 valence electrons. The van der Waals surface area contributed by atoms with Crippen molar-refractivity contribution in [3.63, 3.8) is 0 Å². The summed E-state index contributed by atoms with van der Waals surface area (Å²) in [6.07, 6.45) is 0.622. The Morgan fingerprint density at radius 2 is 2.10 bits per heavy atom. The van der Waals surface area contributed by atoms with Crippen LogP contribution in [-0.4, -0.2) is 47.7 Å². The van der Waals surface area contributed by atoms with Crippen molar-refractivity contribution >= 4 is 11.9 Å². The van der Waals surface area contributed by atoms with E-state index < -0.39 is 5.97 Å². The predicted molar refractivity (Wildman–Crippen MR) is 78.0 cm³/mol. The van der Waals surface area contributed by atoms with E-state index in [2.05, 4.69) is 0 Å². The number of benzene rings is 1. The van der Waals surface area contributed by atoms with Crippen molar-refractivity contribution < 1.29 is 19.4 Å². The molecule has 1 fully saturated rings. The Bertz CT molecular complexity index is 488. The Morgan fingerprint density at radius 1 is 1.38 bits per heavy atom. The van der Waals surface area contributed by atoms with Crippen LogP contribution in [0.5, 0.6) is 0 Å². The molecule has 1 saturated heterocycles. The van der Waals surface area contributed by atoms with Crippen LogP contribution in [0.15, 0.2) is 30.3 Å². The average molecular weight is 291 g/mol. The van der Waals surface area contributed by atoms with Gasteiger partial charge in [0.15, 0.2) is 0 Å². The van der Waals surface area contributed by atoms with Crippen molar-refractivity contribution in [2.45, 2.75) is 31.7 Å². The van der Waals surface area contributed by atoms with Crippen molar-refractivity contribution in [1.29, 1.82) is 0 Å². The molecule has 1 heterocycles. The summed E-state index contributed by atoms with van der Waals surface area (Å²) >= 11 is 0. The van der Waals surface area contributed by atoms with Gasteiger partial charge in [-0.2, -0.15) is 0 Å². The molecule has 2 rings (SSSR count). The Labute approximate surface area is 124 Å². The van der Waals surface area contributed by atoms with E-state index in [1.54, 1.807) is 4.90 Å². The molecule has 1 aliphatic rings. The molecule has 5 heteroatoms. The quantitative estimate of drug-likeness (QED) is 0.899. The number of carbonyl (C=O) groups excluding carboxylic acids is 1. The zero-order valence-corrected chi connectivity index (χ0v) is 12.2. The minimum absolute atomic E-state index is 0.00162. The standard InChI is InChI=1S/C16H21NO4/c1-2-14(12-6-4-3-5-7-12)16(20)17-8-9-21-11-13(17)10-15(18)19/h3-7,13-14H,2,8-11H2,1H3,(H,18,19). The summed E-state index contributed by atoms with van der Waals surface area (Å²) in [5, 5.41) is 8.98. The van der Waals surface area contributed by atoms with Crippen molar-refractivity contribution in [3.05, 3.63) is 35.9 Å². The van der Waals surface area contributed by atoms with E-state index in [1.807, 2.05) is 37.3 Å². The Hall–Kier alpha value is -1.88. The SMILES string of the molecule is CCC(C(=O)N1CCOCC1CC(=O)O)c1ccccc1. The minimum Gasteiger partial charge on any atom is -0.481 e. The number of morpholine rings is 1. The summed E-state index contributed by atoms with van der Waals surface area (Å²) in [7, 11) is 0. The molecule has 1 N–H and O–H groups in total. The lowest BCUT2D eigenvalue weighted by Crippen LogP contribution is -2.51. The van der Waals surface area contributed by atoms with E-state index in [9.17, 15) is 9.59 Å². The van der Waals surface area contributed by atoms with E-state index in [4.69, 9.17) is 9.84 Å². The number of carbonyl (C=O) groups is 2. The highest BCUT2D eigenvalue weighted by Crippen LogP contribution is 2.24. The summed E-state index contributed by atoms with van der Waals surface area (Å²) in [5.41, 5.74) is 0.977. The molecular weight excluding hydrogens is 270 g/mol. The number of carboxylic acids is 1. The Morgan fingerprint density at radius 3 is 2.71 bits per heavy atom. The van der Waals surface area contributed by atoms with Crippen LogP contribution in [0.3, 0.4) is 0 Å². The van der Waals surface area contributed by atoms with Crippen LogP contribution in [0.4, 0.5) is 0 Å². The third kappa shape index (κ3) is 3.82. The molecule has 1 aromatic rings. The highest BCUT2D eigenvalue weighted by molar-refractivity contribution is 5.84. The van der Waals surface area contributed by atoms with Gasteiger partial charge in [-0.25, -0.2) is 0 Å². The van der Waals surface area contributed by atoms with E-state index >= 15 is 0 Å². The van der Waals surface area contributed by atoms with Gasteiger partial charge in [0.05, 0.1) is 31.6 Å². The second kappa shape index (κ2) is 7.22. The normalized spacial score (nSPS) is 20.0. The summed E-state index contributed by atoms with van der Waals surface area (Å²) in [6, 6.07) is 9.26. The molecule has 1 amide bonds. The average Bonchev–Trinajstić information content (AvgIpc) is 2.49. The number of carboxylic acid groups (broad SMARTS) is 1. The van der Waals surface area contributed by atoms with Gasteiger partial charge in [-0.15, -0.1) is 0 Å². The molecular formula is C16H21NO4. The van der Waals surface area contributed by atoms with Crippen molar-refractivity contribution in [1.82, 2.24) is 4.90 Å². The van der Waals surface area contributed by atoms with E-state index in [0.29, 0.717) is 26.2 Å². The van der Waals surface area contributed by atoms with Gasteiger partial charge in [-0.3, -0.25) is 9.59 Å². The highest BCUT2D eigenvalue weighted by atomic mass is 16.5. The fourth-order valence-electron chi connectivity index (χ4n) is 2.75. The topological polar surface area (TPSA) is 66.8 Å². The van der Waals surface area contributed by atoms with Crippen molar-refractivity contribution in [2.75, 3.05) is 19.8 Å². The van der Waals surface area contributed by atoms with Gasteiger partial charge < -0.3 is 14.7 Å². The van der Waals surface area contributed by atoms with Crippen LogP contribution in [0.1, 0.15) is 31.2 Å². The molecule has 0 aromatic heterocycles. The third-order valence-electron chi connectivity index (χ3n) is 3.83. The molecule has 0 spiro atoms. The number of ether oxygens (including phenoxy) is 1. The van der Waals surface area contributed by atoms with Gasteiger partial charge in [-0.05, 0) is 12.0 Å². The lowest BCUT2D eigenvalue weighted by Gasteiger charge is -2.37. The maximum atomic E-state index is 12.8. The number of amides is 1. The maximum Gasteiger partial charge on any atom is 0.305 e. The van der Waals surface area contributed by atoms with E-state index in [-0.39, 0.29) is 24.3 Å². The van der Waals surface area contributed by atoms with Gasteiger partial charge in [0.1, 0.15) is 0 Å². The molecule has 21 heavy (non-hydrogen) atoms. The first kappa shape index (κ1) is 15.5. The zero-order valence-electron chi connectivity index (χ0n) is 12.2. The second-order valence-electron chi connectivity index (χ2n) is 5.23. The zero-order chi connectivity index (χ0) is 15.2. The monoisotopic (exact) mass is 291 g/mol. The number of hydrogen-bond donors (Lipinski definition) is 1. The molecule has 1 aromatic carbocycles. The van der Waals surface area contributed by atoms with E-state index in [0.717, 1.165) is 5.56 Å². The molecule has 5 nitrogen and oxygen atoms in total. The Balaban J connectivity index is 2.16. The number of hydrogen-bond acceptors (Lipinski definition) is 3. The van der Waals surface area contributed by atoms with Crippen LogP contribution in [0.2, 0.25) is 0 Å². The largest absolute Gasteiger partial charge is 0.481 e. The van der Waals surface area contributed by atoms with E-state index in [1.165, 1.54) is 0 Å². The molecule has 0 radical (unpaired) electrons. The first-order valence-corrected chi connectivity index (χ1v) is 7.28. The lowest BCUT2D eigenvalue weighted by atomic mass is 9.94. The van der Waals surface area contributed by atoms with Crippen LogP contribution in [0, 0.1) is 0 Å². The highest BCUT2D eigenvalue weighted by Gasteiger charge is 2.33. The molecule has 0 saturated carbocycles. The Kier molecular flexibility index (Phi) is 5.33. The summed E-state index contributed by atoms with van der Waals surface area (Å²) in [4.78, 5) is 25.4. The van der Waals surface area contributed by atoms with Crippen LogP contribution >= 0.6 is 0 Å². The number of rotatable bonds is 5. The maximum absolute atomic E-state index is 12.8. The van der Waals surface area contributed by atoms with Crippen LogP contribution in [-0.2, 0) is 14.3 Å². The first-order valence-electron chi connectivity index (χ1n) is 7.28. The van der Waals surface area contributed by atoms with Gasteiger partial charge in [0.2, 0.25) is 5.91 Å². The minimum atomic E-state index is -0.906. The van der Waals surface area contributed by atoms with Crippen molar-refractivity contribution in [2.24, 2.45) is 0 Å². The number of nitrogens with zero attached hydrogens (tertiary/aromatic N) is 1. The molecule has 0 aliphatic carbocycles. The fraction of sp³-hybridized carbons (Fsp3) is 0.500. The third-order valence-corrected chi connectivity index (χ3v) is 3.83. The summed E-state index contributed by atoms with van der Waals surface area (Å²) < 4.78 is 5.33. The molecule has 2 atom stereocenters. The molecule has 1 aliphatic heterocycles. The summed E-state index contributed by atoms with van der Waals surface area (Å²) in [5.74, 6) is -1.13.